The van der Waals surface area contributed by atoms with Crippen molar-refractivity contribution in [3.8, 4) is 39.1 Å². The minimum atomic E-state index is 0.211. The van der Waals surface area contributed by atoms with Gasteiger partial charge in [-0.2, -0.15) is 0 Å². The van der Waals surface area contributed by atoms with Crippen molar-refractivity contribution in [1.82, 2.24) is 4.57 Å². The van der Waals surface area contributed by atoms with Gasteiger partial charge >= 0.3 is 0 Å². The first-order valence-corrected chi connectivity index (χ1v) is 22.8. The van der Waals surface area contributed by atoms with Crippen molar-refractivity contribution < 1.29 is 0 Å². The molecule has 0 spiro atoms. The van der Waals surface area contributed by atoms with Gasteiger partial charge in [0.2, 0.25) is 0 Å². The van der Waals surface area contributed by atoms with Crippen molar-refractivity contribution in [3.63, 3.8) is 0 Å². The van der Waals surface area contributed by atoms with E-state index in [0.717, 1.165) is 50.1 Å². The van der Waals surface area contributed by atoms with Crippen LogP contribution in [0, 0.1) is 5.41 Å². The molecule has 0 bridgehead atoms. The summed E-state index contributed by atoms with van der Waals surface area (Å²) in [6, 6.07) is 86.1. The summed E-state index contributed by atoms with van der Waals surface area (Å²) < 4.78 is 2.35. The average Bonchev–Trinajstić information content (AvgIpc) is 3.73. The molecule has 12 aromatic rings. The fourth-order valence-corrected chi connectivity index (χ4v) is 9.76. The Kier molecular flexibility index (Phi) is 10.00. The number of benzene rings is 11. The van der Waals surface area contributed by atoms with E-state index in [0.29, 0.717) is 5.71 Å². The molecule has 1 N–H and O–H groups in total. The van der Waals surface area contributed by atoms with Crippen LogP contribution in [0.3, 0.4) is 0 Å². The third kappa shape index (κ3) is 7.39. The maximum atomic E-state index is 9.04. The summed E-state index contributed by atoms with van der Waals surface area (Å²) in [5.74, 6) is 0.211. The van der Waals surface area contributed by atoms with Crippen LogP contribution < -0.4 is 0 Å². The summed E-state index contributed by atoms with van der Waals surface area (Å²) in [5, 5.41) is 19.1. The molecule has 0 radical (unpaired) electrons. The van der Waals surface area contributed by atoms with E-state index in [2.05, 4.69) is 223 Å². The topological polar surface area (TPSA) is 41.1 Å². The zero-order valence-corrected chi connectivity index (χ0v) is 36.6. The predicted octanol–water partition coefficient (Wildman–Crippen LogP) is 16.8. The second-order valence-electron chi connectivity index (χ2n) is 17.1. The normalized spacial score (nSPS) is 12.0. The van der Waals surface area contributed by atoms with E-state index in [1.54, 1.807) is 0 Å². The predicted molar refractivity (Wildman–Crippen MR) is 285 cm³/mol. The molecule has 0 saturated carbocycles. The van der Waals surface area contributed by atoms with Gasteiger partial charge in [-0.3, -0.25) is 5.41 Å². The number of aliphatic imine (C=N–C) groups is 1. The number of allylic oxidation sites excluding steroid dienone is 1. The molecule has 12 rings (SSSR count). The first-order valence-electron chi connectivity index (χ1n) is 22.8. The molecule has 1 aromatic heterocycles. The van der Waals surface area contributed by atoms with Gasteiger partial charge in [-0.1, -0.05) is 212 Å². The lowest BCUT2D eigenvalue weighted by Crippen LogP contribution is -2.04. The van der Waals surface area contributed by atoms with Crippen LogP contribution in [0.2, 0.25) is 0 Å². The van der Waals surface area contributed by atoms with Gasteiger partial charge in [0, 0.05) is 27.6 Å². The maximum Gasteiger partial charge on any atom is 0.152 e. The molecule has 3 heteroatoms. The quantitative estimate of drug-likeness (QED) is 0.0685. The molecule has 0 aliphatic heterocycles. The largest absolute Gasteiger partial charge is 0.309 e. The highest BCUT2D eigenvalue weighted by Gasteiger charge is 2.15. The lowest BCUT2D eigenvalue weighted by atomic mass is 9.89. The molecule has 0 unspecified atom stereocenters. The fourth-order valence-electron chi connectivity index (χ4n) is 9.76. The molecular weight excluding hydrogens is 811 g/mol. The lowest BCUT2D eigenvalue weighted by molar-refractivity contribution is 1.18. The number of hydrogen-bond acceptors (Lipinski definition) is 1. The molecule has 3 nitrogen and oxygen atoms in total. The van der Waals surface area contributed by atoms with Crippen molar-refractivity contribution >= 4 is 71.7 Å². The van der Waals surface area contributed by atoms with Gasteiger partial charge in [-0.05, 0) is 114 Å². The summed E-state index contributed by atoms with van der Waals surface area (Å²) >= 11 is 0. The van der Waals surface area contributed by atoms with Crippen LogP contribution >= 0.6 is 0 Å². The van der Waals surface area contributed by atoms with Gasteiger partial charge in [-0.15, -0.1) is 0 Å². The smallest absolute Gasteiger partial charge is 0.152 e. The van der Waals surface area contributed by atoms with Gasteiger partial charge in [-0.25, -0.2) is 4.99 Å². The number of para-hydroxylation sites is 2. The van der Waals surface area contributed by atoms with Crippen molar-refractivity contribution in [3.05, 3.63) is 265 Å². The Labute approximate surface area is 389 Å². The Morgan fingerprint density at radius 2 is 0.955 bits per heavy atom. The molecule has 67 heavy (non-hydrogen) atoms. The number of nitrogens with one attached hydrogen (secondary N) is 1. The molecule has 0 amide bonds. The van der Waals surface area contributed by atoms with Crippen LogP contribution in [0.25, 0.3) is 99.3 Å². The summed E-state index contributed by atoms with van der Waals surface area (Å²) in [7, 11) is 0. The van der Waals surface area contributed by atoms with Crippen LogP contribution in [0.15, 0.2) is 254 Å². The van der Waals surface area contributed by atoms with Crippen molar-refractivity contribution in [2.75, 3.05) is 0 Å². The van der Waals surface area contributed by atoms with Crippen molar-refractivity contribution in [1.29, 1.82) is 5.41 Å². The Balaban J connectivity index is 0.867. The third-order valence-corrected chi connectivity index (χ3v) is 13.1. The number of amidine groups is 1. The molecule has 0 saturated heterocycles. The summed E-state index contributed by atoms with van der Waals surface area (Å²) in [5.41, 5.74) is 13.9. The highest BCUT2D eigenvalue weighted by atomic mass is 15.0. The van der Waals surface area contributed by atoms with E-state index in [1.165, 1.54) is 59.7 Å². The highest BCUT2D eigenvalue weighted by molar-refractivity contribution is 6.20. The summed E-state index contributed by atoms with van der Waals surface area (Å²) in [6.45, 7) is 0. The Bertz CT molecular complexity index is 3900. The van der Waals surface area contributed by atoms with Crippen LogP contribution in [-0.4, -0.2) is 16.1 Å². The third-order valence-electron chi connectivity index (χ3n) is 13.1. The number of rotatable bonds is 8. The Morgan fingerprint density at radius 3 is 1.75 bits per heavy atom. The van der Waals surface area contributed by atoms with Crippen LogP contribution in [-0.2, 0) is 0 Å². The molecule has 0 aliphatic carbocycles. The molecule has 0 atom stereocenters. The summed E-state index contributed by atoms with van der Waals surface area (Å²) in [6.07, 6.45) is 4.13. The SMILES string of the molecule is N=C(N=C(/C=C/c1ccc(-c2ccc(-c3c4ccccc4cc4c3ccc3ccccc34)cc2)cc1)c1cccc(-c2ccc3c4ccccc4n(-c4ccccc4)c3c2)c1)c1ccccc1. The fraction of sp³-hybridized carbons (Fsp3) is 0. The molecule has 314 valence electrons. The van der Waals surface area contributed by atoms with E-state index in [9.17, 15) is 0 Å². The summed E-state index contributed by atoms with van der Waals surface area (Å²) in [4.78, 5) is 4.96. The standard InChI is InChI=1S/C64H43N3/c65-64(48-15-3-1-4-16-48)66-60(52-19-13-18-49(40-52)50-36-37-57-56-24-11-12-25-61(56)67(62(57)42-50)53-20-5-2-6-21-53)39-28-43-26-29-44(30-27-43)45-31-33-47(34-32-45)63-55-23-10-8-17-51(55)41-59-54-22-9-7-14-46(54)35-38-58(59)63/h1-42,65H/b39-28+,65-64?,66-60?. The van der Waals surface area contributed by atoms with Crippen molar-refractivity contribution in [2.24, 2.45) is 4.99 Å². The second kappa shape index (κ2) is 16.9. The molecule has 1 heterocycles. The van der Waals surface area contributed by atoms with Gasteiger partial charge in [0.15, 0.2) is 5.84 Å². The highest BCUT2D eigenvalue weighted by Crippen LogP contribution is 2.40. The maximum absolute atomic E-state index is 9.04. The van der Waals surface area contributed by atoms with E-state index in [-0.39, 0.29) is 5.84 Å². The second-order valence-corrected chi connectivity index (χ2v) is 17.1. The Hall–Kier alpha value is -8.92. The van der Waals surface area contributed by atoms with Gasteiger partial charge < -0.3 is 4.57 Å². The van der Waals surface area contributed by atoms with E-state index in [4.69, 9.17) is 10.4 Å². The molecular formula is C64H43N3. The molecule has 0 aliphatic rings. The Morgan fingerprint density at radius 1 is 0.373 bits per heavy atom. The zero-order chi connectivity index (χ0) is 44.7. The van der Waals surface area contributed by atoms with Crippen molar-refractivity contribution in [2.45, 2.75) is 0 Å². The number of aromatic nitrogens is 1. The van der Waals surface area contributed by atoms with Crippen LogP contribution in [0.4, 0.5) is 0 Å². The number of nitrogens with zero attached hydrogens (tertiary/aromatic N) is 2. The number of hydrogen-bond donors (Lipinski definition) is 1. The first kappa shape index (κ1) is 39.7. The van der Waals surface area contributed by atoms with Crippen LogP contribution in [0.1, 0.15) is 16.7 Å². The molecule has 11 aromatic carbocycles. The van der Waals surface area contributed by atoms with Gasteiger partial charge in [0.1, 0.15) is 0 Å². The van der Waals surface area contributed by atoms with E-state index in [1.807, 2.05) is 36.4 Å². The first-order chi connectivity index (χ1) is 33.1. The lowest BCUT2D eigenvalue weighted by Gasteiger charge is -2.14. The minimum absolute atomic E-state index is 0.211. The zero-order valence-electron chi connectivity index (χ0n) is 36.6. The van der Waals surface area contributed by atoms with Gasteiger partial charge in [0.25, 0.3) is 0 Å². The van der Waals surface area contributed by atoms with E-state index >= 15 is 0 Å². The van der Waals surface area contributed by atoms with E-state index < -0.39 is 0 Å². The van der Waals surface area contributed by atoms with Crippen LogP contribution in [0.5, 0.6) is 0 Å². The minimum Gasteiger partial charge on any atom is -0.309 e. The molecule has 0 fully saturated rings. The van der Waals surface area contributed by atoms with Gasteiger partial charge in [0.05, 0.1) is 16.7 Å². The average molecular weight is 854 g/mol. The number of fused-ring (bicyclic) bond motifs is 7. The monoisotopic (exact) mass is 853 g/mol.